The SMILES string of the molecule is Cc1ncc(-c2ccc3nc(C(=O)O)cn3c2)cn1. The predicted octanol–water partition coefficient (Wildman–Crippen LogP) is 1.80. The predicted molar refractivity (Wildman–Crippen MR) is 67.9 cm³/mol. The second kappa shape index (κ2) is 4.16. The van der Waals surface area contributed by atoms with Crippen LogP contribution >= 0.6 is 0 Å². The van der Waals surface area contributed by atoms with E-state index in [2.05, 4.69) is 15.0 Å². The van der Waals surface area contributed by atoms with E-state index in [0.29, 0.717) is 11.5 Å². The monoisotopic (exact) mass is 254 g/mol. The molecule has 0 bridgehead atoms. The molecule has 3 aromatic heterocycles. The average molecular weight is 254 g/mol. The van der Waals surface area contributed by atoms with E-state index in [9.17, 15) is 4.79 Å². The van der Waals surface area contributed by atoms with Crippen LogP contribution in [0.2, 0.25) is 0 Å². The molecule has 0 radical (unpaired) electrons. The lowest BCUT2D eigenvalue weighted by atomic mass is 10.1. The fourth-order valence-corrected chi connectivity index (χ4v) is 1.81. The summed E-state index contributed by atoms with van der Waals surface area (Å²) in [6.45, 7) is 1.82. The molecule has 0 aliphatic rings. The van der Waals surface area contributed by atoms with Gasteiger partial charge in [-0.05, 0) is 19.1 Å². The van der Waals surface area contributed by atoms with Crippen molar-refractivity contribution < 1.29 is 9.90 Å². The first-order valence-electron chi connectivity index (χ1n) is 5.64. The molecule has 6 nitrogen and oxygen atoms in total. The summed E-state index contributed by atoms with van der Waals surface area (Å²) in [5.74, 6) is -0.329. The Morgan fingerprint density at radius 1 is 1.16 bits per heavy atom. The fraction of sp³-hybridized carbons (Fsp3) is 0.0769. The Balaban J connectivity index is 2.10. The summed E-state index contributed by atoms with van der Waals surface area (Å²) < 4.78 is 1.68. The van der Waals surface area contributed by atoms with Gasteiger partial charge in [0.05, 0.1) is 0 Å². The minimum Gasteiger partial charge on any atom is -0.476 e. The van der Waals surface area contributed by atoms with Crippen LogP contribution in [0.25, 0.3) is 16.8 Å². The van der Waals surface area contributed by atoms with E-state index < -0.39 is 5.97 Å². The molecule has 0 unspecified atom stereocenters. The van der Waals surface area contributed by atoms with Crippen LogP contribution in [-0.2, 0) is 0 Å². The number of carboxylic acid groups (broad SMARTS) is 1. The molecule has 0 aliphatic carbocycles. The Morgan fingerprint density at radius 3 is 2.58 bits per heavy atom. The van der Waals surface area contributed by atoms with Crippen molar-refractivity contribution in [1.29, 1.82) is 0 Å². The molecule has 3 aromatic rings. The van der Waals surface area contributed by atoms with E-state index in [1.807, 2.05) is 19.2 Å². The summed E-state index contributed by atoms with van der Waals surface area (Å²) in [5.41, 5.74) is 2.39. The smallest absolute Gasteiger partial charge is 0.356 e. The third-order valence-electron chi connectivity index (χ3n) is 2.78. The first-order chi connectivity index (χ1) is 9.13. The van der Waals surface area contributed by atoms with Crippen molar-refractivity contribution in [3.63, 3.8) is 0 Å². The summed E-state index contributed by atoms with van der Waals surface area (Å²) in [6.07, 6.45) is 6.76. The molecule has 0 fully saturated rings. The van der Waals surface area contributed by atoms with E-state index in [4.69, 9.17) is 5.11 Å². The summed E-state index contributed by atoms with van der Waals surface area (Å²) in [5, 5.41) is 8.91. The second-order valence-electron chi connectivity index (χ2n) is 4.13. The molecule has 0 atom stereocenters. The highest BCUT2D eigenvalue weighted by atomic mass is 16.4. The topological polar surface area (TPSA) is 80.4 Å². The van der Waals surface area contributed by atoms with Crippen molar-refractivity contribution in [3.05, 3.63) is 48.4 Å². The number of aromatic nitrogens is 4. The summed E-state index contributed by atoms with van der Waals surface area (Å²) >= 11 is 0. The van der Waals surface area contributed by atoms with Crippen molar-refractivity contribution in [1.82, 2.24) is 19.4 Å². The van der Waals surface area contributed by atoms with E-state index in [1.54, 1.807) is 22.9 Å². The number of fused-ring (bicyclic) bond motifs is 1. The zero-order chi connectivity index (χ0) is 13.4. The molecule has 19 heavy (non-hydrogen) atoms. The number of aryl methyl sites for hydroxylation is 1. The van der Waals surface area contributed by atoms with Gasteiger partial charge < -0.3 is 9.51 Å². The molecule has 0 saturated carbocycles. The number of carboxylic acids is 1. The Labute approximate surface area is 108 Å². The van der Waals surface area contributed by atoms with Crippen LogP contribution in [0.4, 0.5) is 0 Å². The second-order valence-corrected chi connectivity index (χ2v) is 4.13. The Morgan fingerprint density at radius 2 is 1.89 bits per heavy atom. The lowest BCUT2D eigenvalue weighted by molar-refractivity contribution is 0.0691. The molecule has 3 rings (SSSR count). The molecule has 0 aliphatic heterocycles. The average Bonchev–Trinajstić information content (AvgIpc) is 2.82. The first kappa shape index (κ1) is 11.3. The normalized spacial score (nSPS) is 10.8. The third kappa shape index (κ3) is 2.03. The molecule has 6 heteroatoms. The first-order valence-corrected chi connectivity index (χ1v) is 5.64. The van der Waals surface area contributed by atoms with Crippen LogP contribution in [-0.4, -0.2) is 30.4 Å². The highest BCUT2D eigenvalue weighted by molar-refractivity contribution is 5.86. The molecule has 1 N–H and O–H groups in total. The van der Waals surface area contributed by atoms with E-state index >= 15 is 0 Å². The largest absolute Gasteiger partial charge is 0.476 e. The van der Waals surface area contributed by atoms with Gasteiger partial charge in [0, 0.05) is 35.9 Å². The zero-order valence-electron chi connectivity index (χ0n) is 10.1. The molecule has 0 amide bonds. The van der Waals surface area contributed by atoms with Crippen molar-refractivity contribution in [2.75, 3.05) is 0 Å². The van der Waals surface area contributed by atoms with Crippen molar-refractivity contribution in [2.24, 2.45) is 0 Å². The van der Waals surface area contributed by atoms with Crippen LogP contribution in [0.15, 0.2) is 36.9 Å². The summed E-state index contributed by atoms with van der Waals surface area (Å²) in [7, 11) is 0. The number of nitrogens with zero attached hydrogens (tertiary/aromatic N) is 4. The number of pyridine rings is 1. The number of carbonyl (C=O) groups is 1. The van der Waals surface area contributed by atoms with Crippen LogP contribution in [0.5, 0.6) is 0 Å². The fourth-order valence-electron chi connectivity index (χ4n) is 1.81. The van der Waals surface area contributed by atoms with Crippen LogP contribution in [0, 0.1) is 6.92 Å². The van der Waals surface area contributed by atoms with Crippen LogP contribution in [0.1, 0.15) is 16.3 Å². The Kier molecular flexibility index (Phi) is 2.49. The summed E-state index contributed by atoms with van der Waals surface area (Å²) in [4.78, 5) is 23.1. The molecular weight excluding hydrogens is 244 g/mol. The Hall–Kier alpha value is -2.76. The van der Waals surface area contributed by atoms with Gasteiger partial charge in [0.2, 0.25) is 0 Å². The maximum absolute atomic E-state index is 10.9. The van der Waals surface area contributed by atoms with Crippen molar-refractivity contribution in [2.45, 2.75) is 6.92 Å². The van der Waals surface area contributed by atoms with Gasteiger partial charge >= 0.3 is 5.97 Å². The van der Waals surface area contributed by atoms with E-state index in [0.717, 1.165) is 11.1 Å². The zero-order valence-corrected chi connectivity index (χ0v) is 10.1. The van der Waals surface area contributed by atoms with Crippen LogP contribution < -0.4 is 0 Å². The van der Waals surface area contributed by atoms with Gasteiger partial charge in [-0.2, -0.15) is 0 Å². The van der Waals surface area contributed by atoms with E-state index in [1.165, 1.54) is 6.20 Å². The molecule has 3 heterocycles. The maximum Gasteiger partial charge on any atom is 0.356 e. The number of hydrogen-bond acceptors (Lipinski definition) is 4. The van der Waals surface area contributed by atoms with Gasteiger partial charge in [0.1, 0.15) is 11.5 Å². The maximum atomic E-state index is 10.9. The lowest BCUT2D eigenvalue weighted by Gasteiger charge is -2.01. The minimum absolute atomic E-state index is 0.0253. The van der Waals surface area contributed by atoms with E-state index in [-0.39, 0.29) is 5.69 Å². The minimum atomic E-state index is -1.04. The molecule has 94 valence electrons. The standard InChI is InChI=1S/C13H10N4O2/c1-8-14-4-10(5-15-8)9-2-3-12-16-11(13(18)19)7-17(12)6-9/h2-7H,1H3,(H,18,19). The van der Waals surface area contributed by atoms with Gasteiger partial charge in [0.25, 0.3) is 0 Å². The number of aromatic carboxylic acids is 1. The summed E-state index contributed by atoms with van der Waals surface area (Å²) in [6, 6.07) is 3.63. The highest BCUT2D eigenvalue weighted by Gasteiger charge is 2.09. The van der Waals surface area contributed by atoms with Gasteiger partial charge in [-0.15, -0.1) is 0 Å². The molecule has 0 spiro atoms. The molecule has 0 aromatic carbocycles. The lowest BCUT2D eigenvalue weighted by Crippen LogP contribution is -1.94. The van der Waals surface area contributed by atoms with Crippen LogP contribution in [0.3, 0.4) is 0 Å². The third-order valence-corrected chi connectivity index (χ3v) is 2.78. The highest BCUT2D eigenvalue weighted by Crippen LogP contribution is 2.18. The van der Waals surface area contributed by atoms with Crippen molar-refractivity contribution in [3.8, 4) is 11.1 Å². The Bertz CT molecular complexity index is 762. The van der Waals surface area contributed by atoms with Gasteiger partial charge in [-0.3, -0.25) is 0 Å². The van der Waals surface area contributed by atoms with Crippen molar-refractivity contribution >= 4 is 11.6 Å². The molecular formula is C13H10N4O2. The number of hydrogen-bond donors (Lipinski definition) is 1. The van der Waals surface area contributed by atoms with Gasteiger partial charge in [-0.25, -0.2) is 19.7 Å². The van der Waals surface area contributed by atoms with Gasteiger partial charge in [0.15, 0.2) is 5.69 Å². The quantitative estimate of drug-likeness (QED) is 0.754. The molecule has 0 saturated heterocycles. The van der Waals surface area contributed by atoms with Gasteiger partial charge in [-0.1, -0.05) is 0 Å². The number of imidazole rings is 1. The number of rotatable bonds is 2.